The smallest absolute Gasteiger partial charge is 0.231 e. The highest BCUT2D eigenvalue weighted by Crippen LogP contribution is 2.38. The van der Waals surface area contributed by atoms with Crippen LogP contribution in [0.2, 0.25) is 0 Å². The number of benzene rings is 1. The first-order valence-corrected chi connectivity index (χ1v) is 5.58. The van der Waals surface area contributed by atoms with Crippen molar-refractivity contribution in [2.24, 2.45) is 0 Å². The van der Waals surface area contributed by atoms with Gasteiger partial charge in [-0.2, -0.15) is 0 Å². The fourth-order valence-electron chi connectivity index (χ4n) is 1.64. The molecule has 1 heterocycles. The summed E-state index contributed by atoms with van der Waals surface area (Å²) in [5, 5.41) is 12.3. The van der Waals surface area contributed by atoms with Crippen molar-refractivity contribution in [1.29, 1.82) is 0 Å². The van der Waals surface area contributed by atoms with Gasteiger partial charge >= 0.3 is 0 Å². The van der Waals surface area contributed by atoms with E-state index < -0.39 is 6.10 Å². The lowest BCUT2D eigenvalue weighted by Gasteiger charge is -2.13. The molecule has 17 heavy (non-hydrogen) atoms. The summed E-state index contributed by atoms with van der Waals surface area (Å²) < 4.78 is 16.2. The van der Waals surface area contributed by atoms with E-state index >= 15 is 0 Å². The van der Waals surface area contributed by atoms with Gasteiger partial charge in [0.1, 0.15) is 12.4 Å². The second-order valence-electron chi connectivity index (χ2n) is 4.00. The van der Waals surface area contributed by atoms with E-state index in [1.807, 2.05) is 13.1 Å². The van der Waals surface area contributed by atoms with Crippen LogP contribution in [0.4, 0.5) is 0 Å². The van der Waals surface area contributed by atoms with Crippen LogP contribution in [0.15, 0.2) is 12.1 Å². The monoisotopic (exact) mass is 239 g/mol. The molecule has 0 aliphatic carbocycles. The summed E-state index contributed by atoms with van der Waals surface area (Å²) >= 11 is 0. The summed E-state index contributed by atoms with van der Waals surface area (Å²) in [6.07, 6.45) is -0.497. The summed E-state index contributed by atoms with van der Waals surface area (Å²) in [4.78, 5) is 0. The Hall–Kier alpha value is -1.46. The number of ether oxygens (including phenoxy) is 3. The zero-order chi connectivity index (χ0) is 12.3. The highest BCUT2D eigenvalue weighted by atomic mass is 16.7. The van der Waals surface area contributed by atoms with Crippen LogP contribution in [0.25, 0.3) is 0 Å². The summed E-state index contributed by atoms with van der Waals surface area (Å²) in [6.45, 7) is 2.86. The Morgan fingerprint density at radius 1 is 1.41 bits per heavy atom. The fraction of sp³-hybridized carbons (Fsp3) is 0.500. The topological polar surface area (TPSA) is 60.0 Å². The van der Waals surface area contributed by atoms with Gasteiger partial charge in [-0.1, -0.05) is 0 Å². The molecule has 0 spiro atoms. The molecule has 1 atom stereocenters. The number of nitrogens with one attached hydrogen (secondary N) is 1. The van der Waals surface area contributed by atoms with E-state index in [2.05, 4.69) is 5.32 Å². The van der Waals surface area contributed by atoms with E-state index in [0.29, 0.717) is 18.0 Å². The summed E-state index contributed by atoms with van der Waals surface area (Å²) in [7, 11) is 1.86. The van der Waals surface area contributed by atoms with Crippen molar-refractivity contribution in [2.75, 3.05) is 20.4 Å². The zero-order valence-corrected chi connectivity index (χ0v) is 10.0. The molecule has 94 valence electrons. The molecule has 1 unspecified atom stereocenters. The molecule has 0 radical (unpaired) electrons. The minimum Gasteiger partial charge on any atom is -0.490 e. The molecule has 5 heteroatoms. The van der Waals surface area contributed by atoms with Crippen molar-refractivity contribution >= 4 is 0 Å². The Morgan fingerprint density at radius 2 is 2.12 bits per heavy atom. The normalized spacial score (nSPS) is 14.8. The minimum absolute atomic E-state index is 0.244. The largest absolute Gasteiger partial charge is 0.490 e. The third-order valence-corrected chi connectivity index (χ3v) is 2.40. The molecule has 0 saturated carbocycles. The first-order valence-electron chi connectivity index (χ1n) is 5.58. The van der Waals surface area contributed by atoms with Crippen molar-refractivity contribution < 1.29 is 19.3 Å². The number of aliphatic hydroxyl groups is 1. The summed E-state index contributed by atoms with van der Waals surface area (Å²) in [5.74, 6) is 2.13. The lowest BCUT2D eigenvalue weighted by molar-refractivity contribution is 0.122. The Kier molecular flexibility index (Phi) is 3.71. The highest BCUT2D eigenvalue weighted by Gasteiger charge is 2.18. The molecule has 0 aromatic heterocycles. The highest BCUT2D eigenvalue weighted by molar-refractivity contribution is 5.51. The Balaban J connectivity index is 2.21. The molecular formula is C12H17NO4. The molecule has 0 fully saturated rings. The summed E-state index contributed by atoms with van der Waals surface area (Å²) in [5.41, 5.74) is 0.984. The SMILES string of the molecule is CNCc1cc2c(cc1OCC(C)O)OCO2. The van der Waals surface area contributed by atoms with Crippen LogP contribution in [0.1, 0.15) is 12.5 Å². The first kappa shape index (κ1) is 12.0. The molecule has 2 rings (SSSR count). The molecule has 5 nitrogen and oxygen atoms in total. The average molecular weight is 239 g/mol. The van der Waals surface area contributed by atoms with E-state index in [1.165, 1.54) is 0 Å². The summed E-state index contributed by atoms with van der Waals surface area (Å²) in [6, 6.07) is 3.70. The number of rotatable bonds is 5. The third kappa shape index (κ3) is 2.81. The maximum absolute atomic E-state index is 9.23. The van der Waals surface area contributed by atoms with Gasteiger partial charge in [-0.3, -0.25) is 0 Å². The molecule has 0 amide bonds. The van der Waals surface area contributed by atoms with Crippen LogP contribution in [-0.4, -0.2) is 31.7 Å². The number of fused-ring (bicyclic) bond motifs is 1. The van der Waals surface area contributed by atoms with Gasteiger partial charge in [-0.25, -0.2) is 0 Å². The molecule has 1 aliphatic rings. The van der Waals surface area contributed by atoms with Crippen LogP contribution in [0.3, 0.4) is 0 Å². The van der Waals surface area contributed by atoms with Crippen molar-refractivity contribution in [2.45, 2.75) is 19.6 Å². The van der Waals surface area contributed by atoms with Gasteiger partial charge in [0.15, 0.2) is 11.5 Å². The van der Waals surface area contributed by atoms with E-state index in [4.69, 9.17) is 14.2 Å². The van der Waals surface area contributed by atoms with Gasteiger partial charge in [0.25, 0.3) is 0 Å². The van der Waals surface area contributed by atoms with Crippen molar-refractivity contribution in [3.63, 3.8) is 0 Å². The Morgan fingerprint density at radius 3 is 2.76 bits per heavy atom. The van der Waals surface area contributed by atoms with Gasteiger partial charge in [0.05, 0.1) is 6.10 Å². The van der Waals surface area contributed by atoms with E-state index in [0.717, 1.165) is 11.3 Å². The third-order valence-electron chi connectivity index (χ3n) is 2.40. The molecule has 0 saturated heterocycles. The van der Waals surface area contributed by atoms with Crippen LogP contribution < -0.4 is 19.5 Å². The van der Waals surface area contributed by atoms with Crippen molar-refractivity contribution in [1.82, 2.24) is 5.32 Å². The number of hydrogen-bond donors (Lipinski definition) is 2. The Labute approximate surface area is 100 Å². The number of hydrogen-bond acceptors (Lipinski definition) is 5. The predicted molar refractivity (Wildman–Crippen MR) is 62.5 cm³/mol. The van der Waals surface area contributed by atoms with E-state index in [1.54, 1.807) is 13.0 Å². The van der Waals surface area contributed by atoms with Crippen molar-refractivity contribution in [3.8, 4) is 17.2 Å². The minimum atomic E-state index is -0.497. The van der Waals surface area contributed by atoms with Gasteiger partial charge in [0, 0.05) is 18.2 Å². The number of aliphatic hydroxyl groups excluding tert-OH is 1. The molecule has 2 N–H and O–H groups in total. The van der Waals surface area contributed by atoms with E-state index in [9.17, 15) is 5.11 Å². The lowest BCUT2D eigenvalue weighted by atomic mass is 10.1. The fourth-order valence-corrected chi connectivity index (χ4v) is 1.64. The maximum Gasteiger partial charge on any atom is 0.231 e. The maximum atomic E-state index is 9.23. The molecule has 1 aromatic rings. The van der Waals surface area contributed by atoms with Crippen LogP contribution in [0, 0.1) is 0 Å². The van der Waals surface area contributed by atoms with E-state index in [-0.39, 0.29) is 13.4 Å². The standard InChI is InChI=1S/C12H17NO4/c1-8(14)6-15-10-4-12-11(16-7-17-12)3-9(10)5-13-2/h3-4,8,13-14H,5-7H2,1-2H3. The zero-order valence-electron chi connectivity index (χ0n) is 10.0. The Bertz CT molecular complexity index is 392. The van der Waals surface area contributed by atoms with Crippen LogP contribution in [-0.2, 0) is 6.54 Å². The van der Waals surface area contributed by atoms with Gasteiger partial charge in [0.2, 0.25) is 6.79 Å². The molecule has 1 aliphatic heterocycles. The van der Waals surface area contributed by atoms with Crippen LogP contribution in [0.5, 0.6) is 17.2 Å². The second-order valence-corrected chi connectivity index (χ2v) is 4.00. The van der Waals surface area contributed by atoms with Crippen LogP contribution >= 0.6 is 0 Å². The quantitative estimate of drug-likeness (QED) is 0.799. The van der Waals surface area contributed by atoms with Gasteiger partial charge < -0.3 is 24.6 Å². The first-order chi connectivity index (χ1) is 8.20. The van der Waals surface area contributed by atoms with Crippen molar-refractivity contribution in [3.05, 3.63) is 17.7 Å². The van der Waals surface area contributed by atoms with Gasteiger partial charge in [-0.15, -0.1) is 0 Å². The molecule has 1 aromatic carbocycles. The van der Waals surface area contributed by atoms with Gasteiger partial charge in [-0.05, 0) is 20.0 Å². The second kappa shape index (κ2) is 5.25. The predicted octanol–water partition coefficient (Wildman–Crippen LogP) is 0.894. The molecular weight excluding hydrogens is 222 g/mol. The molecule has 0 bridgehead atoms. The lowest BCUT2D eigenvalue weighted by Crippen LogP contribution is -2.15. The average Bonchev–Trinajstić information content (AvgIpc) is 2.73.